The van der Waals surface area contributed by atoms with Crippen LogP contribution >= 0.6 is 11.8 Å². The van der Waals surface area contributed by atoms with Crippen LogP contribution in [-0.4, -0.2) is 72.5 Å². The molecule has 0 aromatic carbocycles. The van der Waals surface area contributed by atoms with Crippen molar-refractivity contribution >= 4 is 17.7 Å². The number of thioether (sulfide) groups is 1. The molecule has 2 fully saturated rings. The minimum absolute atomic E-state index is 0.331. The van der Waals surface area contributed by atoms with Gasteiger partial charge >= 0.3 is 0 Å². The Bertz CT molecular complexity index is 248. The van der Waals surface area contributed by atoms with Gasteiger partial charge in [0.1, 0.15) is 0 Å². The maximum atomic E-state index is 12.0. The lowest BCUT2D eigenvalue weighted by molar-refractivity contribution is -0.130. The molecule has 1 N–H and O–H groups in total. The van der Waals surface area contributed by atoms with Crippen molar-refractivity contribution in [2.24, 2.45) is 0 Å². The van der Waals surface area contributed by atoms with Crippen LogP contribution in [0.3, 0.4) is 0 Å². The molecule has 1 amide bonds. The maximum Gasteiger partial charge on any atom is 0.232 e. The second-order valence-electron chi connectivity index (χ2n) is 4.74. The minimum Gasteiger partial charge on any atom is -0.339 e. The summed E-state index contributed by atoms with van der Waals surface area (Å²) in [6, 6.07) is 0. The normalized spacial score (nSPS) is 26.4. The smallest absolute Gasteiger partial charge is 0.232 e. The highest BCUT2D eigenvalue weighted by Crippen LogP contribution is 2.18. The first-order valence-electron chi connectivity index (χ1n) is 6.62. The summed E-state index contributed by atoms with van der Waals surface area (Å²) in [7, 11) is 0. The second kappa shape index (κ2) is 6.61. The van der Waals surface area contributed by atoms with E-state index in [0.29, 0.717) is 16.9 Å². The van der Waals surface area contributed by atoms with Crippen molar-refractivity contribution in [2.75, 3.05) is 51.6 Å². The molecule has 1 atom stereocenters. The van der Waals surface area contributed by atoms with Crippen molar-refractivity contribution in [3.05, 3.63) is 0 Å². The van der Waals surface area contributed by atoms with E-state index in [1.165, 1.54) is 6.42 Å². The summed E-state index contributed by atoms with van der Waals surface area (Å²) >= 11 is 1.83. The van der Waals surface area contributed by atoms with Crippen molar-refractivity contribution in [1.82, 2.24) is 15.1 Å². The quantitative estimate of drug-likeness (QED) is 0.783. The molecule has 2 rings (SSSR count). The van der Waals surface area contributed by atoms with Gasteiger partial charge in [-0.3, -0.25) is 4.79 Å². The first-order chi connectivity index (χ1) is 8.29. The van der Waals surface area contributed by atoms with Crippen LogP contribution in [0.15, 0.2) is 0 Å². The van der Waals surface area contributed by atoms with Gasteiger partial charge in [-0.25, -0.2) is 0 Å². The van der Waals surface area contributed by atoms with Gasteiger partial charge in [-0.05, 0) is 19.5 Å². The fourth-order valence-corrected chi connectivity index (χ4v) is 3.45. The van der Waals surface area contributed by atoms with Crippen LogP contribution in [0, 0.1) is 0 Å². The van der Waals surface area contributed by atoms with Crippen LogP contribution in [0.2, 0.25) is 0 Å². The molecule has 2 aliphatic heterocycles. The van der Waals surface area contributed by atoms with Gasteiger partial charge < -0.3 is 15.1 Å². The predicted molar refractivity (Wildman–Crippen MR) is 72.4 cm³/mol. The van der Waals surface area contributed by atoms with Gasteiger partial charge in [0.25, 0.3) is 0 Å². The fourth-order valence-electron chi connectivity index (χ4n) is 2.36. The van der Waals surface area contributed by atoms with Crippen molar-refractivity contribution < 1.29 is 4.79 Å². The molecule has 17 heavy (non-hydrogen) atoms. The first kappa shape index (κ1) is 13.2. The van der Waals surface area contributed by atoms with Crippen LogP contribution in [-0.2, 0) is 4.79 Å². The average molecular weight is 257 g/mol. The monoisotopic (exact) mass is 257 g/mol. The summed E-state index contributed by atoms with van der Waals surface area (Å²) in [5.41, 5.74) is 0. The standard InChI is InChI=1S/C12H23N3OS/c1-2-14-5-7-15(8-6-14)12(16)10-17-11-3-4-13-9-11/h11,13H,2-10H2,1H3. The fraction of sp³-hybridized carbons (Fsp3) is 0.917. The number of rotatable bonds is 4. The van der Waals surface area contributed by atoms with Gasteiger partial charge in [-0.15, -0.1) is 11.8 Å². The van der Waals surface area contributed by atoms with Gasteiger partial charge in [-0.2, -0.15) is 0 Å². The molecule has 98 valence electrons. The zero-order chi connectivity index (χ0) is 12.1. The van der Waals surface area contributed by atoms with Crippen LogP contribution in [0.25, 0.3) is 0 Å². The van der Waals surface area contributed by atoms with E-state index in [-0.39, 0.29) is 0 Å². The largest absolute Gasteiger partial charge is 0.339 e. The van der Waals surface area contributed by atoms with Gasteiger partial charge in [0, 0.05) is 38.0 Å². The van der Waals surface area contributed by atoms with Crippen molar-refractivity contribution in [3.63, 3.8) is 0 Å². The van der Waals surface area contributed by atoms with Crippen LogP contribution in [0.1, 0.15) is 13.3 Å². The Morgan fingerprint density at radius 3 is 2.71 bits per heavy atom. The maximum absolute atomic E-state index is 12.0. The number of nitrogens with zero attached hydrogens (tertiary/aromatic N) is 2. The molecule has 0 saturated carbocycles. The van der Waals surface area contributed by atoms with E-state index >= 15 is 0 Å². The van der Waals surface area contributed by atoms with E-state index < -0.39 is 0 Å². The topological polar surface area (TPSA) is 35.6 Å². The first-order valence-corrected chi connectivity index (χ1v) is 7.67. The summed E-state index contributed by atoms with van der Waals surface area (Å²) < 4.78 is 0. The third kappa shape index (κ3) is 3.86. The molecule has 5 heteroatoms. The van der Waals surface area contributed by atoms with Gasteiger partial charge in [0.05, 0.1) is 5.75 Å². The molecule has 2 aliphatic rings. The highest BCUT2D eigenvalue weighted by Gasteiger charge is 2.22. The van der Waals surface area contributed by atoms with E-state index in [4.69, 9.17) is 0 Å². The lowest BCUT2D eigenvalue weighted by Gasteiger charge is -2.34. The molecule has 2 saturated heterocycles. The van der Waals surface area contributed by atoms with Crippen molar-refractivity contribution in [2.45, 2.75) is 18.6 Å². The molecule has 0 aromatic rings. The number of amides is 1. The Hall–Kier alpha value is -0.260. The van der Waals surface area contributed by atoms with Gasteiger partial charge in [-0.1, -0.05) is 6.92 Å². The Labute approximate surface area is 108 Å². The molecular weight excluding hydrogens is 234 g/mol. The highest BCUT2D eigenvalue weighted by molar-refractivity contribution is 8.00. The number of hydrogen-bond donors (Lipinski definition) is 1. The summed E-state index contributed by atoms with van der Waals surface area (Å²) in [6.07, 6.45) is 1.21. The zero-order valence-corrected chi connectivity index (χ0v) is 11.5. The molecule has 0 spiro atoms. The Morgan fingerprint density at radius 1 is 1.35 bits per heavy atom. The molecule has 2 heterocycles. The number of carbonyl (C=O) groups excluding carboxylic acids is 1. The lowest BCUT2D eigenvalue weighted by atomic mass is 10.3. The Morgan fingerprint density at radius 2 is 2.12 bits per heavy atom. The number of piperazine rings is 1. The molecule has 0 radical (unpaired) electrons. The molecule has 1 unspecified atom stereocenters. The van der Waals surface area contributed by atoms with Crippen molar-refractivity contribution in [1.29, 1.82) is 0 Å². The summed E-state index contributed by atoms with van der Waals surface area (Å²) in [5.74, 6) is 0.996. The van der Waals surface area contributed by atoms with Crippen LogP contribution < -0.4 is 5.32 Å². The third-order valence-electron chi connectivity index (χ3n) is 3.63. The van der Waals surface area contributed by atoms with Crippen LogP contribution in [0.4, 0.5) is 0 Å². The van der Waals surface area contributed by atoms with E-state index in [9.17, 15) is 4.79 Å². The predicted octanol–water partition coefficient (Wildman–Crippen LogP) is 0.246. The SMILES string of the molecule is CCN1CCN(C(=O)CSC2CCNC2)CC1. The minimum atomic E-state index is 0.331. The van der Waals surface area contributed by atoms with Gasteiger partial charge in [0.2, 0.25) is 5.91 Å². The number of likely N-dealkylation sites (N-methyl/N-ethyl adjacent to an activating group) is 1. The molecule has 0 aromatic heterocycles. The van der Waals surface area contributed by atoms with E-state index in [1.807, 2.05) is 16.7 Å². The third-order valence-corrected chi connectivity index (χ3v) is 4.92. The van der Waals surface area contributed by atoms with E-state index in [1.54, 1.807) is 0 Å². The van der Waals surface area contributed by atoms with E-state index in [2.05, 4.69) is 17.1 Å². The summed E-state index contributed by atoms with van der Waals surface area (Å²) in [4.78, 5) is 16.4. The highest BCUT2D eigenvalue weighted by atomic mass is 32.2. The Kier molecular flexibility index (Phi) is 5.13. The van der Waals surface area contributed by atoms with E-state index in [0.717, 1.165) is 45.8 Å². The molecule has 0 bridgehead atoms. The lowest BCUT2D eigenvalue weighted by Crippen LogP contribution is -2.49. The van der Waals surface area contributed by atoms with Crippen LogP contribution in [0.5, 0.6) is 0 Å². The number of carbonyl (C=O) groups is 1. The Balaban J connectivity index is 1.66. The molecule has 4 nitrogen and oxygen atoms in total. The molecule has 0 aliphatic carbocycles. The summed E-state index contributed by atoms with van der Waals surface area (Å²) in [5, 5.41) is 3.99. The summed E-state index contributed by atoms with van der Waals surface area (Å²) in [6.45, 7) is 9.37. The van der Waals surface area contributed by atoms with Crippen molar-refractivity contribution in [3.8, 4) is 0 Å². The molecular formula is C12H23N3OS. The second-order valence-corrected chi connectivity index (χ2v) is 6.03. The number of hydrogen-bond acceptors (Lipinski definition) is 4. The van der Waals surface area contributed by atoms with Gasteiger partial charge in [0.15, 0.2) is 0 Å². The zero-order valence-electron chi connectivity index (χ0n) is 10.7. The number of nitrogens with one attached hydrogen (secondary N) is 1. The average Bonchev–Trinajstić information content (AvgIpc) is 2.89.